The van der Waals surface area contributed by atoms with Crippen LogP contribution in [0.5, 0.6) is 0 Å². The molecule has 0 aromatic carbocycles. The Bertz CT molecular complexity index is 201. The highest BCUT2D eigenvalue weighted by Crippen LogP contribution is 2.27. The molecule has 1 saturated heterocycles. The van der Waals surface area contributed by atoms with E-state index in [0.29, 0.717) is 0 Å². The third-order valence-electron chi connectivity index (χ3n) is 4.50. The van der Waals surface area contributed by atoms with Crippen molar-refractivity contribution in [2.75, 3.05) is 18.1 Å². The molecule has 1 heterocycles. The van der Waals surface area contributed by atoms with Crippen molar-refractivity contribution in [3.8, 4) is 0 Å². The molecule has 2 rings (SSSR count). The molecule has 0 bridgehead atoms. The fourth-order valence-corrected chi connectivity index (χ4v) is 4.64. The van der Waals surface area contributed by atoms with Crippen molar-refractivity contribution < 1.29 is 0 Å². The van der Waals surface area contributed by atoms with E-state index in [1.807, 2.05) is 0 Å². The first-order chi connectivity index (χ1) is 8.38. The number of nitrogens with one attached hydrogen (secondary N) is 1. The summed E-state index contributed by atoms with van der Waals surface area (Å²) in [5, 5.41) is 3.85. The Balaban J connectivity index is 1.63. The summed E-state index contributed by atoms with van der Waals surface area (Å²) in [4.78, 5) is 0. The molecule has 2 fully saturated rings. The molecule has 100 valence electrons. The first kappa shape index (κ1) is 13.7. The van der Waals surface area contributed by atoms with Gasteiger partial charge in [0.2, 0.25) is 0 Å². The number of hydrogen-bond donors (Lipinski definition) is 1. The van der Waals surface area contributed by atoms with E-state index in [1.54, 1.807) is 0 Å². The lowest BCUT2D eigenvalue weighted by Crippen LogP contribution is -2.33. The zero-order valence-electron chi connectivity index (χ0n) is 11.4. The van der Waals surface area contributed by atoms with Gasteiger partial charge < -0.3 is 5.32 Å². The summed E-state index contributed by atoms with van der Waals surface area (Å²) in [5.41, 5.74) is 0. The summed E-state index contributed by atoms with van der Waals surface area (Å²) >= 11 is 2.14. The van der Waals surface area contributed by atoms with E-state index in [1.165, 1.54) is 69.4 Å². The van der Waals surface area contributed by atoms with Crippen LogP contribution < -0.4 is 5.32 Å². The number of rotatable bonds is 5. The van der Waals surface area contributed by atoms with E-state index in [4.69, 9.17) is 0 Å². The second-order valence-corrected chi connectivity index (χ2v) is 7.15. The maximum absolute atomic E-state index is 3.85. The van der Waals surface area contributed by atoms with Crippen molar-refractivity contribution >= 4 is 11.8 Å². The first-order valence-electron chi connectivity index (χ1n) is 7.69. The van der Waals surface area contributed by atoms with Gasteiger partial charge in [-0.2, -0.15) is 11.8 Å². The van der Waals surface area contributed by atoms with Crippen LogP contribution in [-0.2, 0) is 0 Å². The van der Waals surface area contributed by atoms with Crippen molar-refractivity contribution in [2.45, 2.75) is 64.3 Å². The highest BCUT2D eigenvalue weighted by atomic mass is 32.2. The van der Waals surface area contributed by atoms with Gasteiger partial charge in [0.15, 0.2) is 0 Å². The highest BCUT2D eigenvalue weighted by molar-refractivity contribution is 7.99. The average Bonchev–Trinajstić information content (AvgIpc) is 2.75. The molecule has 0 spiro atoms. The Labute approximate surface area is 112 Å². The summed E-state index contributed by atoms with van der Waals surface area (Å²) in [5.74, 6) is 4.80. The smallest absolute Gasteiger partial charge is 0.00672 e. The van der Waals surface area contributed by atoms with Gasteiger partial charge in [0, 0.05) is 6.04 Å². The molecule has 17 heavy (non-hydrogen) atoms. The Morgan fingerprint density at radius 2 is 2.00 bits per heavy atom. The largest absolute Gasteiger partial charge is 0.314 e. The Morgan fingerprint density at radius 1 is 1.06 bits per heavy atom. The molecule has 2 aliphatic rings. The first-order valence-corrected chi connectivity index (χ1v) is 8.85. The van der Waals surface area contributed by atoms with E-state index in [2.05, 4.69) is 24.0 Å². The van der Waals surface area contributed by atoms with Gasteiger partial charge in [-0.3, -0.25) is 0 Å². The van der Waals surface area contributed by atoms with E-state index in [-0.39, 0.29) is 0 Å². The second-order valence-electron chi connectivity index (χ2n) is 6.00. The van der Waals surface area contributed by atoms with Crippen LogP contribution in [0.4, 0.5) is 0 Å². The maximum atomic E-state index is 3.85. The minimum atomic E-state index is 0.836. The Morgan fingerprint density at radius 3 is 2.76 bits per heavy atom. The predicted molar refractivity (Wildman–Crippen MR) is 78.7 cm³/mol. The van der Waals surface area contributed by atoms with E-state index < -0.39 is 0 Å². The third-order valence-corrected chi connectivity index (χ3v) is 5.74. The minimum Gasteiger partial charge on any atom is -0.314 e. The van der Waals surface area contributed by atoms with Crippen LogP contribution in [0, 0.1) is 11.8 Å². The fourth-order valence-electron chi connectivity index (χ4n) is 3.36. The zero-order valence-corrected chi connectivity index (χ0v) is 12.2. The van der Waals surface area contributed by atoms with Gasteiger partial charge in [-0.05, 0) is 55.6 Å². The lowest BCUT2D eigenvalue weighted by Gasteiger charge is -2.19. The molecule has 0 aromatic heterocycles. The molecule has 3 atom stereocenters. The summed E-state index contributed by atoms with van der Waals surface area (Å²) in [6.07, 6.45) is 11.6. The van der Waals surface area contributed by atoms with Crippen molar-refractivity contribution in [1.29, 1.82) is 0 Å². The van der Waals surface area contributed by atoms with Crippen LogP contribution in [0.3, 0.4) is 0 Å². The topological polar surface area (TPSA) is 12.0 Å². The molecule has 0 aromatic rings. The Hall–Kier alpha value is 0.310. The molecule has 1 saturated carbocycles. The van der Waals surface area contributed by atoms with Gasteiger partial charge in [-0.15, -0.1) is 0 Å². The molecule has 3 unspecified atom stereocenters. The second kappa shape index (κ2) is 7.68. The van der Waals surface area contributed by atoms with E-state index in [9.17, 15) is 0 Å². The fraction of sp³-hybridized carbons (Fsp3) is 1.00. The molecule has 1 N–H and O–H groups in total. The van der Waals surface area contributed by atoms with Crippen molar-refractivity contribution in [3.63, 3.8) is 0 Å². The number of hydrogen-bond acceptors (Lipinski definition) is 2. The molecule has 1 aliphatic carbocycles. The van der Waals surface area contributed by atoms with Gasteiger partial charge in [-0.25, -0.2) is 0 Å². The molecule has 0 radical (unpaired) electrons. The molecule has 0 amide bonds. The summed E-state index contributed by atoms with van der Waals surface area (Å²) in [6, 6.07) is 0.836. The van der Waals surface area contributed by atoms with Gasteiger partial charge >= 0.3 is 0 Å². The Kier molecular flexibility index (Phi) is 6.21. The van der Waals surface area contributed by atoms with Crippen LogP contribution in [0.25, 0.3) is 0 Å². The third kappa shape index (κ3) is 4.82. The van der Waals surface area contributed by atoms with Crippen LogP contribution in [-0.4, -0.2) is 24.1 Å². The van der Waals surface area contributed by atoms with Crippen molar-refractivity contribution in [1.82, 2.24) is 5.32 Å². The van der Waals surface area contributed by atoms with E-state index >= 15 is 0 Å². The summed E-state index contributed by atoms with van der Waals surface area (Å²) in [7, 11) is 0. The normalized spacial score (nSPS) is 34.8. The van der Waals surface area contributed by atoms with Gasteiger partial charge in [0.05, 0.1) is 0 Å². The molecule has 2 heteroatoms. The molecular formula is C15H29NS. The lowest BCUT2D eigenvalue weighted by atomic mass is 9.95. The van der Waals surface area contributed by atoms with E-state index in [0.717, 1.165) is 17.9 Å². The van der Waals surface area contributed by atoms with Gasteiger partial charge in [-0.1, -0.05) is 32.6 Å². The highest BCUT2D eigenvalue weighted by Gasteiger charge is 2.20. The monoisotopic (exact) mass is 255 g/mol. The molecule has 1 nitrogen and oxygen atoms in total. The summed E-state index contributed by atoms with van der Waals surface area (Å²) in [6.45, 7) is 3.62. The van der Waals surface area contributed by atoms with Gasteiger partial charge in [0.1, 0.15) is 0 Å². The predicted octanol–water partition coefficient (Wildman–Crippen LogP) is 4.08. The minimum absolute atomic E-state index is 0.836. The van der Waals surface area contributed by atoms with Crippen LogP contribution >= 0.6 is 11.8 Å². The SMILES string of the molecule is CCCC1CCCC(NCC2CCSC2)CC1. The van der Waals surface area contributed by atoms with Crippen molar-refractivity contribution in [3.05, 3.63) is 0 Å². The average molecular weight is 255 g/mol. The quantitative estimate of drug-likeness (QED) is 0.743. The lowest BCUT2D eigenvalue weighted by molar-refractivity contribution is 0.396. The van der Waals surface area contributed by atoms with Crippen molar-refractivity contribution in [2.24, 2.45) is 11.8 Å². The molecular weight excluding hydrogens is 226 g/mol. The van der Waals surface area contributed by atoms with Crippen LogP contribution in [0.2, 0.25) is 0 Å². The summed E-state index contributed by atoms with van der Waals surface area (Å²) < 4.78 is 0. The van der Waals surface area contributed by atoms with Gasteiger partial charge in [0.25, 0.3) is 0 Å². The standard InChI is InChI=1S/C15H29NS/c1-2-4-13-5-3-6-15(8-7-13)16-11-14-9-10-17-12-14/h13-16H,2-12H2,1H3. The van der Waals surface area contributed by atoms with Crippen LogP contribution in [0.15, 0.2) is 0 Å². The van der Waals surface area contributed by atoms with Crippen LogP contribution in [0.1, 0.15) is 58.3 Å². The molecule has 1 aliphatic heterocycles. The maximum Gasteiger partial charge on any atom is 0.00672 e. The zero-order chi connectivity index (χ0) is 11.9. The number of thioether (sulfide) groups is 1.